The molecule has 2 atom stereocenters. The number of hydrogen-bond acceptors (Lipinski definition) is 9. The fraction of sp³-hybridized carbons (Fsp3) is 0.294. The third kappa shape index (κ3) is 8.70. The Kier molecular flexibility index (Phi) is 11.5. The van der Waals surface area contributed by atoms with E-state index in [1.807, 2.05) is 0 Å². The van der Waals surface area contributed by atoms with Crippen LogP contribution in [-0.2, 0) is 35.4 Å². The SMILES string of the molecule is CC(C)[C@H](NC(=O)c1ccc(N2C(=O)C=CC2=O)c(N2C(=O)C=CC2=O)c1)C(=O)C[C@@H](CCCNC(N)=O)C(=O)Nc1ccc(CO)cc1. The van der Waals surface area contributed by atoms with Crippen molar-refractivity contribution in [2.75, 3.05) is 21.7 Å². The fourth-order valence-electron chi connectivity index (χ4n) is 5.35. The molecule has 4 rings (SSSR count). The van der Waals surface area contributed by atoms with Crippen molar-refractivity contribution >= 4 is 64.3 Å². The quantitative estimate of drug-likeness (QED) is 0.136. The van der Waals surface area contributed by atoms with Crippen LogP contribution in [0.4, 0.5) is 21.9 Å². The molecule has 2 aromatic rings. The highest BCUT2D eigenvalue weighted by Crippen LogP contribution is 2.34. The molecule has 15 nitrogen and oxygen atoms in total. The number of carbonyl (C=O) groups is 8. The maximum atomic E-state index is 13.7. The maximum absolute atomic E-state index is 13.7. The number of ketones is 1. The lowest BCUT2D eigenvalue weighted by atomic mass is 9.89. The molecule has 0 aromatic heterocycles. The smallest absolute Gasteiger partial charge is 0.312 e. The molecule has 2 aliphatic heterocycles. The number of carbonyl (C=O) groups excluding carboxylic acids is 8. The van der Waals surface area contributed by atoms with Gasteiger partial charge >= 0.3 is 6.03 Å². The monoisotopic (exact) mass is 672 g/mol. The molecule has 0 unspecified atom stereocenters. The number of amides is 8. The Balaban J connectivity index is 1.55. The second-order valence-electron chi connectivity index (χ2n) is 11.7. The number of nitrogens with zero attached hydrogens (tertiary/aromatic N) is 2. The molecule has 2 heterocycles. The average molecular weight is 673 g/mol. The second kappa shape index (κ2) is 15.8. The van der Waals surface area contributed by atoms with Crippen LogP contribution in [-0.4, -0.2) is 65.0 Å². The van der Waals surface area contributed by atoms with Crippen molar-refractivity contribution in [2.24, 2.45) is 17.6 Å². The molecular formula is C34H36N6O9. The van der Waals surface area contributed by atoms with E-state index in [0.717, 1.165) is 34.1 Å². The van der Waals surface area contributed by atoms with E-state index < -0.39 is 65.1 Å². The molecule has 0 saturated heterocycles. The molecule has 2 aliphatic rings. The number of Topliss-reactive ketones (excluding diaryl/α,β-unsaturated/α-hetero) is 1. The van der Waals surface area contributed by atoms with Gasteiger partial charge in [-0.3, -0.25) is 33.6 Å². The Morgan fingerprint density at radius 1 is 0.816 bits per heavy atom. The number of hydrogen-bond donors (Lipinski definition) is 5. The highest BCUT2D eigenvalue weighted by atomic mass is 16.3. The van der Waals surface area contributed by atoms with E-state index in [9.17, 15) is 43.5 Å². The van der Waals surface area contributed by atoms with E-state index in [-0.39, 0.29) is 42.9 Å². The summed E-state index contributed by atoms with van der Waals surface area (Å²) in [7, 11) is 0. The number of benzene rings is 2. The van der Waals surface area contributed by atoms with Crippen LogP contribution >= 0.6 is 0 Å². The van der Waals surface area contributed by atoms with Gasteiger partial charge in [-0.1, -0.05) is 26.0 Å². The predicted molar refractivity (Wildman–Crippen MR) is 177 cm³/mol. The first kappa shape index (κ1) is 35.9. The van der Waals surface area contributed by atoms with Gasteiger partial charge in [0.1, 0.15) is 0 Å². The third-order valence-electron chi connectivity index (χ3n) is 7.89. The minimum absolute atomic E-state index is 0.0742. The number of nitrogens with two attached hydrogens (primary N) is 1. The number of primary amides is 1. The molecule has 0 spiro atoms. The van der Waals surface area contributed by atoms with Crippen molar-refractivity contribution in [2.45, 2.75) is 45.8 Å². The van der Waals surface area contributed by atoms with Gasteiger partial charge < -0.3 is 26.8 Å². The number of urea groups is 1. The molecule has 15 heteroatoms. The average Bonchev–Trinajstić information content (AvgIpc) is 3.58. The summed E-state index contributed by atoms with van der Waals surface area (Å²) in [6.07, 6.45) is 4.35. The summed E-state index contributed by atoms with van der Waals surface area (Å²) in [6.45, 7) is 3.41. The lowest BCUT2D eigenvalue weighted by Crippen LogP contribution is -2.45. The van der Waals surface area contributed by atoms with E-state index in [4.69, 9.17) is 5.73 Å². The first-order valence-electron chi connectivity index (χ1n) is 15.4. The summed E-state index contributed by atoms with van der Waals surface area (Å²) in [4.78, 5) is 103. The molecule has 0 fully saturated rings. The third-order valence-corrected chi connectivity index (χ3v) is 7.89. The van der Waals surface area contributed by atoms with Gasteiger partial charge in [0.05, 0.1) is 24.0 Å². The van der Waals surface area contributed by atoms with Gasteiger partial charge in [-0.15, -0.1) is 0 Å². The molecule has 0 saturated carbocycles. The summed E-state index contributed by atoms with van der Waals surface area (Å²) >= 11 is 0. The van der Waals surface area contributed by atoms with Crippen LogP contribution in [0.3, 0.4) is 0 Å². The first-order valence-corrected chi connectivity index (χ1v) is 15.4. The summed E-state index contributed by atoms with van der Waals surface area (Å²) < 4.78 is 0. The van der Waals surface area contributed by atoms with Crippen LogP contribution in [0.2, 0.25) is 0 Å². The van der Waals surface area contributed by atoms with Crippen LogP contribution in [0.15, 0.2) is 66.8 Å². The van der Waals surface area contributed by atoms with E-state index in [0.29, 0.717) is 17.7 Å². The van der Waals surface area contributed by atoms with Crippen molar-refractivity contribution < 1.29 is 43.5 Å². The number of anilines is 3. The molecule has 0 radical (unpaired) electrons. The van der Waals surface area contributed by atoms with Crippen molar-refractivity contribution in [3.63, 3.8) is 0 Å². The highest BCUT2D eigenvalue weighted by molar-refractivity contribution is 6.33. The number of aliphatic hydroxyl groups excluding tert-OH is 1. The second-order valence-corrected chi connectivity index (χ2v) is 11.7. The largest absolute Gasteiger partial charge is 0.392 e. The minimum atomic E-state index is -1.07. The Labute approximate surface area is 281 Å². The summed E-state index contributed by atoms with van der Waals surface area (Å²) in [6, 6.07) is 8.42. The van der Waals surface area contributed by atoms with Crippen LogP contribution < -0.4 is 31.5 Å². The zero-order chi connectivity index (χ0) is 35.8. The van der Waals surface area contributed by atoms with Gasteiger partial charge in [-0.2, -0.15) is 0 Å². The van der Waals surface area contributed by atoms with E-state index in [2.05, 4.69) is 16.0 Å². The zero-order valence-electron chi connectivity index (χ0n) is 26.8. The van der Waals surface area contributed by atoms with E-state index in [1.165, 1.54) is 18.2 Å². The number of nitrogens with one attached hydrogen (secondary N) is 3. The number of rotatable bonds is 15. The Bertz CT molecular complexity index is 1710. The van der Waals surface area contributed by atoms with E-state index >= 15 is 0 Å². The van der Waals surface area contributed by atoms with Crippen LogP contribution in [0.25, 0.3) is 0 Å². The topological polar surface area (TPSA) is 225 Å². The lowest BCUT2D eigenvalue weighted by Gasteiger charge is -2.25. The number of imide groups is 2. The predicted octanol–water partition coefficient (Wildman–Crippen LogP) is 1.45. The highest BCUT2D eigenvalue weighted by Gasteiger charge is 2.35. The molecule has 49 heavy (non-hydrogen) atoms. The van der Waals surface area contributed by atoms with Crippen LogP contribution in [0.5, 0.6) is 0 Å². The number of aliphatic hydroxyl groups is 1. The van der Waals surface area contributed by atoms with Gasteiger partial charge in [-0.25, -0.2) is 14.6 Å². The van der Waals surface area contributed by atoms with Gasteiger partial charge in [0, 0.05) is 54.4 Å². The van der Waals surface area contributed by atoms with Crippen molar-refractivity contribution in [3.8, 4) is 0 Å². The first-order chi connectivity index (χ1) is 23.3. The van der Waals surface area contributed by atoms with Crippen molar-refractivity contribution in [1.29, 1.82) is 0 Å². The van der Waals surface area contributed by atoms with Crippen molar-refractivity contribution in [3.05, 3.63) is 77.9 Å². The molecule has 0 aliphatic carbocycles. The maximum Gasteiger partial charge on any atom is 0.312 e. The summed E-state index contributed by atoms with van der Waals surface area (Å²) in [5.74, 6) is -5.85. The fourth-order valence-corrected chi connectivity index (χ4v) is 5.35. The van der Waals surface area contributed by atoms with E-state index in [1.54, 1.807) is 38.1 Å². The molecule has 8 amide bonds. The molecule has 2 aromatic carbocycles. The van der Waals surface area contributed by atoms with Crippen LogP contribution in [0.1, 0.15) is 49.0 Å². The summed E-state index contributed by atoms with van der Waals surface area (Å²) in [5, 5.41) is 17.2. The van der Waals surface area contributed by atoms with Crippen LogP contribution in [0, 0.1) is 11.8 Å². The Morgan fingerprint density at radius 3 is 1.92 bits per heavy atom. The summed E-state index contributed by atoms with van der Waals surface area (Å²) in [5.41, 5.74) is 5.88. The normalized spacial score (nSPS) is 15.2. The van der Waals surface area contributed by atoms with Gasteiger partial charge in [-0.05, 0) is 54.7 Å². The van der Waals surface area contributed by atoms with Gasteiger partial charge in [0.2, 0.25) is 5.91 Å². The Morgan fingerprint density at radius 2 is 1.39 bits per heavy atom. The molecular weight excluding hydrogens is 636 g/mol. The van der Waals surface area contributed by atoms with Gasteiger partial charge in [0.15, 0.2) is 5.78 Å². The lowest BCUT2D eigenvalue weighted by molar-refractivity contribution is -0.128. The zero-order valence-corrected chi connectivity index (χ0v) is 26.8. The Hall–Kier alpha value is -5.96. The molecule has 256 valence electrons. The van der Waals surface area contributed by atoms with Gasteiger partial charge in [0.25, 0.3) is 29.5 Å². The standard InChI is InChI=1S/C34H36N6O9/c1-19(2)31(26(42)17-21(4-3-15-36-34(35)49)32(47)37-23-8-5-20(18-41)6-9-23)38-33(48)22-7-10-24(39-27(43)11-12-28(39)44)25(16-22)40-29(45)13-14-30(40)46/h5-14,16,19,21,31,41H,3-4,15,17-18H2,1-2H3,(H,37,47)(H,38,48)(H3,35,36,49)/t21-,31+/m1/s1. The minimum Gasteiger partial charge on any atom is -0.392 e. The molecule has 6 N–H and O–H groups in total. The van der Waals surface area contributed by atoms with Crippen molar-refractivity contribution in [1.82, 2.24) is 10.6 Å². The molecule has 0 bridgehead atoms.